The van der Waals surface area contributed by atoms with Crippen LogP contribution in [0, 0.1) is 0 Å². The van der Waals surface area contributed by atoms with Gasteiger partial charge in [0.2, 0.25) is 0 Å². The van der Waals surface area contributed by atoms with Crippen molar-refractivity contribution < 1.29 is 8.42 Å². The lowest BCUT2D eigenvalue weighted by atomic mass is 10.4. The summed E-state index contributed by atoms with van der Waals surface area (Å²) < 4.78 is 26.6. The molecule has 0 fully saturated rings. The molecule has 1 N–H and O–H groups in total. The number of aromatic nitrogens is 1. The Morgan fingerprint density at radius 3 is 2.22 bits per heavy atom. The van der Waals surface area contributed by atoms with Crippen molar-refractivity contribution in [3.8, 4) is 0 Å². The number of benzene rings is 1. The van der Waals surface area contributed by atoms with E-state index in [0.717, 1.165) is 0 Å². The highest BCUT2D eigenvalue weighted by Gasteiger charge is 2.21. The predicted octanol–water partition coefficient (Wildman–Crippen LogP) is 3.19. The first-order valence-electron chi connectivity index (χ1n) is 4.88. The van der Waals surface area contributed by atoms with E-state index in [0.29, 0.717) is 0 Å². The number of halogens is 2. The van der Waals surface area contributed by atoms with E-state index in [1.165, 1.54) is 24.4 Å². The van der Waals surface area contributed by atoms with Gasteiger partial charge in [-0.2, -0.15) is 0 Å². The molecule has 0 saturated carbocycles. The summed E-state index contributed by atoms with van der Waals surface area (Å²) in [6, 6.07) is 9.37. The van der Waals surface area contributed by atoms with E-state index in [-0.39, 0.29) is 20.8 Å². The van der Waals surface area contributed by atoms with Crippen molar-refractivity contribution in [3.05, 3.63) is 52.6 Å². The van der Waals surface area contributed by atoms with Gasteiger partial charge in [-0.25, -0.2) is 13.4 Å². The third-order valence-electron chi connectivity index (χ3n) is 2.09. The lowest BCUT2D eigenvalue weighted by Crippen LogP contribution is -2.14. The van der Waals surface area contributed by atoms with Gasteiger partial charge in [0.1, 0.15) is 10.7 Å². The standard InChI is InChI=1S/C11H8Cl2N2O2S/c12-8-4-3-5-9(13)11(8)18(16,17)15-10-6-1-2-7-14-10/h1-7H,(H,14,15). The second kappa shape index (κ2) is 5.14. The summed E-state index contributed by atoms with van der Waals surface area (Å²) in [4.78, 5) is 3.72. The molecule has 0 atom stereocenters. The van der Waals surface area contributed by atoms with E-state index in [1.807, 2.05) is 0 Å². The van der Waals surface area contributed by atoms with Gasteiger partial charge in [-0.05, 0) is 24.3 Å². The van der Waals surface area contributed by atoms with Crippen LogP contribution in [0.3, 0.4) is 0 Å². The highest BCUT2D eigenvalue weighted by Crippen LogP contribution is 2.29. The van der Waals surface area contributed by atoms with Crippen LogP contribution < -0.4 is 4.72 Å². The van der Waals surface area contributed by atoms with Gasteiger partial charge in [-0.3, -0.25) is 4.72 Å². The van der Waals surface area contributed by atoms with E-state index in [2.05, 4.69) is 9.71 Å². The van der Waals surface area contributed by atoms with Crippen LogP contribution in [0.1, 0.15) is 0 Å². The minimum absolute atomic E-state index is 0.0610. The first kappa shape index (κ1) is 13.1. The molecule has 0 radical (unpaired) electrons. The average Bonchev–Trinajstić information content (AvgIpc) is 2.28. The van der Waals surface area contributed by atoms with E-state index in [4.69, 9.17) is 23.2 Å². The molecule has 0 aliphatic heterocycles. The number of hydrogen-bond acceptors (Lipinski definition) is 3. The molecule has 4 nitrogen and oxygen atoms in total. The van der Waals surface area contributed by atoms with E-state index in [1.54, 1.807) is 18.2 Å². The van der Waals surface area contributed by atoms with Crippen LogP contribution in [0.5, 0.6) is 0 Å². The second-order valence-electron chi connectivity index (χ2n) is 3.37. The Balaban J connectivity index is 2.44. The van der Waals surface area contributed by atoms with E-state index in [9.17, 15) is 8.42 Å². The maximum atomic E-state index is 12.1. The Kier molecular flexibility index (Phi) is 3.75. The quantitative estimate of drug-likeness (QED) is 0.947. The fraction of sp³-hybridized carbons (Fsp3) is 0. The summed E-state index contributed by atoms with van der Waals surface area (Å²) in [6.07, 6.45) is 1.48. The summed E-state index contributed by atoms with van der Waals surface area (Å²) in [5.41, 5.74) is 0. The maximum Gasteiger partial charge on any atom is 0.266 e. The third kappa shape index (κ3) is 2.75. The SMILES string of the molecule is O=S(=O)(Nc1ccccn1)c1c(Cl)cccc1Cl. The van der Waals surface area contributed by atoms with Crippen molar-refractivity contribution in [2.75, 3.05) is 4.72 Å². The molecule has 18 heavy (non-hydrogen) atoms. The Morgan fingerprint density at radius 1 is 1.00 bits per heavy atom. The van der Waals surface area contributed by atoms with Gasteiger partial charge in [0, 0.05) is 6.20 Å². The molecule has 0 aliphatic rings. The fourth-order valence-corrected chi connectivity index (χ4v) is 3.51. The lowest BCUT2D eigenvalue weighted by molar-refractivity contribution is 0.601. The Bertz CT molecular complexity index is 640. The van der Waals surface area contributed by atoms with Gasteiger partial charge in [0.25, 0.3) is 10.0 Å². The van der Waals surface area contributed by atoms with Crippen LogP contribution in [-0.2, 0) is 10.0 Å². The first-order chi connectivity index (χ1) is 8.50. The maximum absolute atomic E-state index is 12.1. The van der Waals surface area contributed by atoms with Gasteiger partial charge >= 0.3 is 0 Å². The van der Waals surface area contributed by atoms with Crippen molar-refractivity contribution in [2.24, 2.45) is 0 Å². The van der Waals surface area contributed by atoms with Gasteiger partial charge in [0.05, 0.1) is 10.0 Å². The number of pyridine rings is 1. The number of rotatable bonds is 3. The van der Waals surface area contributed by atoms with Crippen molar-refractivity contribution in [3.63, 3.8) is 0 Å². The van der Waals surface area contributed by atoms with Crippen molar-refractivity contribution in [1.29, 1.82) is 0 Å². The fourth-order valence-electron chi connectivity index (χ4n) is 1.35. The van der Waals surface area contributed by atoms with Crippen molar-refractivity contribution in [2.45, 2.75) is 4.90 Å². The van der Waals surface area contributed by atoms with Crippen LogP contribution in [0.15, 0.2) is 47.5 Å². The zero-order chi connectivity index (χ0) is 13.2. The number of hydrogen-bond donors (Lipinski definition) is 1. The van der Waals surface area contributed by atoms with Crippen LogP contribution in [-0.4, -0.2) is 13.4 Å². The van der Waals surface area contributed by atoms with Crippen LogP contribution in [0.2, 0.25) is 10.0 Å². The largest absolute Gasteiger partial charge is 0.266 e. The topological polar surface area (TPSA) is 59.1 Å². The third-order valence-corrected chi connectivity index (χ3v) is 4.40. The summed E-state index contributed by atoms with van der Waals surface area (Å²) >= 11 is 11.7. The van der Waals surface area contributed by atoms with Crippen molar-refractivity contribution >= 4 is 39.0 Å². The summed E-state index contributed by atoms with van der Waals surface area (Å²) in [7, 11) is -3.85. The zero-order valence-electron chi connectivity index (χ0n) is 8.97. The van der Waals surface area contributed by atoms with Gasteiger partial charge in [-0.15, -0.1) is 0 Å². The molecule has 7 heteroatoms. The molecule has 0 bridgehead atoms. The molecule has 94 valence electrons. The molecule has 2 rings (SSSR count). The number of sulfonamides is 1. The number of anilines is 1. The molecular weight excluding hydrogens is 295 g/mol. The highest BCUT2D eigenvalue weighted by atomic mass is 35.5. The minimum Gasteiger partial charge on any atom is -0.263 e. The monoisotopic (exact) mass is 302 g/mol. The van der Waals surface area contributed by atoms with Crippen molar-refractivity contribution in [1.82, 2.24) is 4.98 Å². The minimum atomic E-state index is -3.85. The zero-order valence-corrected chi connectivity index (χ0v) is 11.3. The molecule has 0 spiro atoms. The summed E-state index contributed by atoms with van der Waals surface area (Å²) in [6.45, 7) is 0. The van der Waals surface area contributed by atoms with E-state index >= 15 is 0 Å². The smallest absolute Gasteiger partial charge is 0.263 e. The van der Waals surface area contributed by atoms with Crippen LogP contribution >= 0.6 is 23.2 Å². The first-order valence-corrected chi connectivity index (χ1v) is 7.12. The molecule has 0 amide bonds. The van der Waals surface area contributed by atoms with Crippen LogP contribution in [0.25, 0.3) is 0 Å². The van der Waals surface area contributed by atoms with Gasteiger partial charge < -0.3 is 0 Å². The molecule has 0 aliphatic carbocycles. The molecule has 1 aromatic heterocycles. The normalized spacial score (nSPS) is 11.2. The second-order valence-corrected chi connectivity index (χ2v) is 5.80. The molecule has 0 unspecified atom stereocenters. The molecular formula is C11H8Cl2N2O2S. The number of nitrogens with zero attached hydrogens (tertiary/aromatic N) is 1. The van der Waals surface area contributed by atoms with Gasteiger partial charge in [-0.1, -0.05) is 35.3 Å². The Hall–Kier alpha value is -1.30. The molecule has 1 heterocycles. The Morgan fingerprint density at radius 2 is 1.67 bits per heavy atom. The molecule has 2 aromatic rings. The highest BCUT2D eigenvalue weighted by molar-refractivity contribution is 7.93. The molecule has 0 saturated heterocycles. The van der Waals surface area contributed by atoms with Crippen LogP contribution in [0.4, 0.5) is 5.82 Å². The van der Waals surface area contributed by atoms with E-state index < -0.39 is 10.0 Å². The lowest BCUT2D eigenvalue weighted by Gasteiger charge is -2.09. The predicted molar refractivity (Wildman–Crippen MR) is 71.5 cm³/mol. The number of nitrogens with one attached hydrogen (secondary N) is 1. The summed E-state index contributed by atoms with van der Waals surface area (Å²) in [5, 5.41) is 0.122. The molecule has 1 aromatic carbocycles. The average molecular weight is 303 g/mol. The summed E-state index contributed by atoms with van der Waals surface area (Å²) in [5.74, 6) is 0.202. The Labute approximate surface area is 115 Å². The van der Waals surface area contributed by atoms with Gasteiger partial charge in [0.15, 0.2) is 0 Å².